The van der Waals surface area contributed by atoms with Crippen molar-refractivity contribution in [1.82, 2.24) is 9.55 Å². The molecule has 0 aliphatic carbocycles. The van der Waals surface area contributed by atoms with Crippen molar-refractivity contribution in [3.05, 3.63) is 63.4 Å². The fourth-order valence-electron chi connectivity index (χ4n) is 2.40. The third-order valence-electron chi connectivity index (χ3n) is 3.58. The van der Waals surface area contributed by atoms with E-state index < -0.39 is 0 Å². The first-order chi connectivity index (χ1) is 10.1. The fourth-order valence-corrected chi connectivity index (χ4v) is 2.72. The molecule has 0 unspecified atom stereocenters. The lowest BCUT2D eigenvalue weighted by atomic mass is 10.1. The van der Waals surface area contributed by atoms with Gasteiger partial charge in [-0.05, 0) is 30.2 Å². The summed E-state index contributed by atoms with van der Waals surface area (Å²) in [5, 5.41) is 1.07. The Morgan fingerprint density at radius 3 is 2.33 bits per heavy atom. The highest BCUT2D eigenvalue weighted by atomic mass is 35.5. The molecule has 3 nitrogen and oxygen atoms in total. The van der Waals surface area contributed by atoms with Crippen LogP contribution in [0.25, 0.3) is 11.0 Å². The third kappa shape index (κ3) is 2.77. The van der Waals surface area contributed by atoms with E-state index in [-0.39, 0.29) is 0 Å². The van der Waals surface area contributed by atoms with Gasteiger partial charge in [0.2, 0.25) is 0 Å². The predicted molar refractivity (Wildman–Crippen MR) is 87.9 cm³/mol. The van der Waals surface area contributed by atoms with Crippen LogP contribution in [0.2, 0.25) is 10.0 Å². The molecule has 0 aliphatic heterocycles. The van der Waals surface area contributed by atoms with Gasteiger partial charge in [-0.3, -0.25) is 0 Å². The quantitative estimate of drug-likeness (QED) is 0.787. The topological polar surface area (TPSA) is 43.8 Å². The van der Waals surface area contributed by atoms with Crippen molar-refractivity contribution < 1.29 is 0 Å². The second-order valence-corrected chi connectivity index (χ2v) is 5.84. The van der Waals surface area contributed by atoms with Crippen molar-refractivity contribution >= 4 is 34.2 Å². The van der Waals surface area contributed by atoms with E-state index in [9.17, 15) is 0 Å². The first-order valence-corrected chi connectivity index (χ1v) is 7.44. The summed E-state index contributed by atoms with van der Waals surface area (Å²) in [6.45, 7) is 3.28. The highest BCUT2D eigenvalue weighted by molar-refractivity contribution is 6.42. The number of fused-ring (bicyclic) bond motifs is 1. The van der Waals surface area contributed by atoms with E-state index in [1.54, 1.807) is 6.07 Å². The van der Waals surface area contributed by atoms with E-state index in [4.69, 9.17) is 28.9 Å². The molecule has 5 heteroatoms. The van der Waals surface area contributed by atoms with Gasteiger partial charge in [-0.1, -0.05) is 47.5 Å². The van der Waals surface area contributed by atoms with Crippen LogP contribution >= 0.6 is 23.2 Å². The van der Waals surface area contributed by atoms with Gasteiger partial charge >= 0.3 is 0 Å². The highest BCUT2D eigenvalue weighted by Crippen LogP contribution is 2.28. The van der Waals surface area contributed by atoms with Crippen molar-refractivity contribution in [3.8, 4) is 0 Å². The molecule has 2 N–H and O–H groups in total. The minimum absolute atomic E-state index is 0.529. The Kier molecular flexibility index (Phi) is 3.89. The molecule has 1 heterocycles. The summed E-state index contributed by atoms with van der Waals surface area (Å²) in [6, 6.07) is 11.9. The maximum atomic E-state index is 6.12. The van der Waals surface area contributed by atoms with Gasteiger partial charge < -0.3 is 10.3 Å². The van der Waals surface area contributed by atoms with Crippen LogP contribution in [0, 0.1) is 6.92 Å². The number of rotatable bonds is 3. The van der Waals surface area contributed by atoms with Crippen molar-refractivity contribution in [1.29, 1.82) is 0 Å². The summed E-state index contributed by atoms with van der Waals surface area (Å²) >= 11 is 12.2. The number of hydrogen-bond acceptors (Lipinski definition) is 2. The molecule has 1 aromatic heterocycles. The van der Waals surface area contributed by atoms with Crippen molar-refractivity contribution in [2.24, 2.45) is 5.73 Å². The summed E-state index contributed by atoms with van der Waals surface area (Å²) in [7, 11) is 0. The number of nitrogens with two attached hydrogens (primary N) is 1. The summed E-state index contributed by atoms with van der Waals surface area (Å²) in [6.07, 6.45) is 0. The van der Waals surface area contributed by atoms with E-state index in [2.05, 4.69) is 21.7 Å². The maximum Gasteiger partial charge on any atom is 0.107 e. The molecular formula is C16H15Cl2N3. The SMILES string of the molecule is Cc1nc2cc(Cl)c(Cl)cc2n1Cc1ccc(CN)cc1. The number of aromatic nitrogens is 2. The zero-order valence-electron chi connectivity index (χ0n) is 11.6. The fraction of sp³-hybridized carbons (Fsp3) is 0.188. The molecular weight excluding hydrogens is 305 g/mol. The van der Waals surface area contributed by atoms with Crippen LogP contribution in [0.1, 0.15) is 17.0 Å². The Labute approximate surface area is 133 Å². The highest BCUT2D eigenvalue weighted by Gasteiger charge is 2.10. The van der Waals surface area contributed by atoms with Crippen molar-refractivity contribution in [2.45, 2.75) is 20.0 Å². The van der Waals surface area contributed by atoms with Gasteiger partial charge in [0.15, 0.2) is 0 Å². The third-order valence-corrected chi connectivity index (χ3v) is 4.30. The van der Waals surface area contributed by atoms with E-state index in [1.807, 2.05) is 25.1 Å². The van der Waals surface area contributed by atoms with Gasteiger partial charge in [0.1, 0.15) is 5.82 Å². The second-order valence-electron chi connectivity index (χ2n) is 5.02. The van der Waals surface area contributed by atoms with Crippen LogP contribution in [0.4, 0.5) is 0 Å². The molecule has 0 atom stereocenters. The summed E-state index contributed by atoms with van der Waals surface area (Å²) in [5.74, 6) is 0.936. The summed E-state index contributed by atoms with van der Waals surface area (Å²) < 4.78 is 2.13. The smallest absolute Gasteiger partial charge is 0.107 e. The lowest BCUT2D eigenvalue weighted by Gasteiger charge is -2.08. The molecule has 0 amide bonds. The van der Waals surface area contributed by atoms with Gasteiger partial charge in [0, 0.05) is 13.1 Å². The molecule has 0 spiro atoms. The zero-order valence-corrected chi connectivity index (χ0v) is 13.1. The molecule has 0 fully saturated rings. The largest absolute Gasteiger partial charge is 0.326 e. The van der Waals surface area contributed by atoms with Crippen molar-refractivity contribution in [3.63, 3.8) is 0 Å². The number of imidazole rings is 1. The second kappa shape index (κ2) is 5.68. The normalized spacial score (nSPS) is 11.2. The van der Waals surface area contributed by atoms with E-state index in [0.717, 1.165) is 29.0 Å². The summed E-state index contributed by atoms with van der Waals surface area (Å²) in [4.78, 5) is 4.54. The van der Waals surface area contributed by atoms with Gasteiger partial charge in [-0.2, -0.15) is 0 Å². The van der Waals surface area contributed by atoms with Gasteiger partial charge in [0.05, 0.1) is 21.1 Å². The van der Waals surface area contributed by atoms with Gasteiger partial charge in [-0.15, -0.1) is 0 Å². The zero-order chi connectivity index (χ0) is 15.0. The van der Waals surface area contributed by atoms with Crippen LogP contribution < -0.4 is 5.73 Å². The van der Waals surface area contributed by atoms with Crippen LogP contribution in [0.3, 0.4) is 0 Å². The molecule has 2 aromatic carbocycles. The minimum atomic E-state index is 0.529. The molecule has 0 saturated heterocycles. The number of benzene rings is 2. The van der Waals surface area contributed by atoms with E-state index >= 15 is 0 Å². The Bertz CT molecular complexity index is 791. The number of aryl methyl sites for hydroxylation is 1. The molecule has 0 radical (unpaired) electrons. The molecule has 0 aliphatic rings. The molecule has 0 saturated carbocycles. The monoisotopic (exact) mass is 319 g/mol. The Balaban J connectivity index is 2.03. The molecule has 21 heavy (non-hydrogen) atoms. The average Bonchev–Trinajstić information content (AvgIpc) is 2.76. The van der Waals surface area contributed by atoms with Crippen molar-refractivity contribution in [2.75, 3.05) is 0 Å². The standard InChI is InChI=1S/C16H15Cl2N3/c1-10-20-15-6-13(17)14(18)7-16(15)21(10)9-12-4-2-11(8-19)3-5-12/h2-7H,8-9,19H2,1H3. The molecule has 0 bridgehead atoms. The number of nitrogens with zero attached hydrogens (tertiary/aromatic N) is 2. The van der Waals surface area contributed by atoms with Gasteiger partial charge in [0.25, 0.3) is 0 Å². The Morgan fingerprint density at radius 1 is 1.05 bits per heavy atom. The predicted octanol–water partition coefficient (Wildman–Crippen LogP) is 4.16. The molecule has 3 aromatic rings. The Morgan fingerprint density at radius 2 is 1.67 bits per heavy atom. The molecule has 3 rings (SSSR count). The maximum absolute atomic E-state index is 6.12. The van der Waals surface area contributed by atoms with E-state index in [0.29, 0.717) is 16.6 Å². The van der Waals surface area contributed by atoms with Crippen LogP contribution in [-0.2, 0) is 13.1 Å². The molecule has 108 valence electrons. The van der Waals surface area contributed by atoms with Gasteiger partial charge in [-0.25, -0.2) is 4.98 Å². The number of halogens is 2. The van der Waals surface area contributed by atoms with Crippen LogP contribution in [0.15, 0.2) is 36.4 Å². The Hall–Kier alpha value is -1.55. The first kappa shape index (κ1) is 14.4. The van der Waals surface area contributed by atoms with Crippen LogP contribution in [0.5, 0.6) is 0 Å². The number of hydrogen-bond donors (Lipinski definition) is 1. The summed E-state index contributed by atoms with van der Waals surface area (Å²) in [5.41, 5.74) is 9.80. The van der Waals surface area contributed by atoms with Crippen LogP contribution in [-0.4, -0.2) is 9.55 Å². The van der Waals surface area contributed by atoms with E-state index in [1.165, 1.54) is 5.56 Å². The average molecular weight is 320 g/mol. The first-order valence-electron chi connectivity index (χ1n) is 6.68. The lowest BCUT2D eigenvalue weighted by molar-refractivity contribution is 0.785. The minimum Gasteiger partial charge on any atom is -0.326 e. The lowest BCUT2D eigenvalue weighted by Crippen LogP contribution is -2.03.